The Labute approximate surface area is 110 Å². The molecule has 0 aliphatic rings. The van der Waals surface area contributed by atoms with Crippen molar-refractivity contribution in [2.75, 3.05) is 0 Å². The van der Waals surface area contributed by atoms with Gasteiger partial charge < -0.3 is 5.73 Å². The molecular weight excluding hydrogens is 218 g/mol. The first-order valence-corrected chi connectivity index (χ1v) is 6.54. The van der Waals surface area contributed by atoms with Crippen LogP contribution >= 0.6 is 0 Å². The molecule has 0 heterocycles. The summed E-state index contributed by atoms with van der Waals surface area (Å²) in [4.78, 5) is 0. The van der Waals surface area contributed by atoms with Crippen LogP contribution in [0.15, 0.2) is 54.6 Å². The standard InChI is InChI=1S/C17H21N/c1-3-17(18,16-10-5-4-6-11-16)13-15-9-7-8-14(2)12-15/h4-12H,3,13,18H2,1-2H3. The van der Waals surface area contributed by atoms with Crippen LogP contribution in [0.1, 0.15) is 30.0 Å². The van der Waals surface area contributed by atoms with E-state index in [0.29, 0.717) is 0 Å². The van der Waals surface area contributed by atoms with Crippen molar-refractivity contribution < 1.29 is 0 Å². The van der Waals surface area contributed by atoms with Gasteiger partial charge in [0.25, 0.3) is 0 Å². The lowest BCUT2D eigenvalue weighted by molar-refractivity contribution is 0.425. The average molecular weight is 239 g/mol. The summed E-state index contributed by atoms with van der Waals surface area (Å²) in [5, 5.41) is 0. The van der Waals surface area contributed by atoms with Gasteiger partial charge in [-0.2, -0.15) is 0 Å². The molecule has 18 heavy (non-hydrogen) atoms. The molecule has 0 saturated carbocycles. The zero-order chi connectivity index (χ0) is 13.0. The second-order valence-corrected chi connectivity index (χ2v) is 5.04. The lowest BCUT2D eigenvalue weighted by Gasteiger charge is -2.29. The Balaban J connectivity index is 2.29. The van der Waals surface area contributed by atoms with Crippen molar-refractivity contribution in [3.8, 4) is 0 Å². The van der Waals surface area contributed by atoms with Crippen LogP contribution in [0.5, 0.6) is 0 Å². The van der Waals surface area contributed by atoms with Gasteiger partial charge in [0.2, 0.25) is 0 Å². The minimum atomic E-state index is -0.269. The van der Waals surface area contributed by atoms with E-state index in [0.717, 1.165) is 12.8 Å². The monoisotopic (exact) mass is 239 g/mol. The van der Waals surface area contributed by atoms with Crippen LogP contribution in [-0.2, 0) is 12.0 Å². The molecule has 2 aromatic carbocycles. The zero-order valence-electron chi connectivity index (χ0n) is 11.2. The van der Waals surface area contributed by atoms with Gasteiger partial charge in [-0.15, -0.1) is 0 Å². The summed E-state index contributed by atoms with van der Waals surface area (Å²) in [6.45, 7) is 4.28. The first-order valence-electron chi connectivity index (χ1n) is 6.54. The first-order chi connectivity index (χ1) is 8.64. The van der Waals surface area contributed by atoms with E-state index in [1.807, 2.05) is 6.07 Å². The van der Waals surface area contributed by atoms with Crippen LogP contribution in [-0.4, -0.2) is 0 Å². The molecule has 1 atom stereocenters. The van der Waals surface area contributed by atoms with Gasteiger partial charge in [-0.1, -0.05) is 67.1 Å². The fraction of sp³-hybridized carbons (Fsp3) is 0.294. The molecule has 0 amide bonds. The number of aryl methyl sites for hydroxylation is 1. The SMILES string of the molecule is CCC(N)(Cc1cccc(C)c1)c1ccccc1. The Kier molecular flexibility index (Phi) is 3.83. The molecule has 0 aliphatic heterocycles. The summed E-state index contributed by atoms with van der Waals surface area (Å²) in [5.74, 6) is 0. The van der Waals surface area contributed by atoms with Crippen LogP contribution < -0.4 is 5.73 Å². The van der Waals surface area contributed by atoms with Gasteiger partial charge in [-0.3, -0.25) is 0 Å². The van der Waals surface area contributed by atoms with Gasteiger partial charge in [-0.25, -0.2) is 0 Å². The van der Waals surface area contributed by atoms with E-state index in [1.54, 1.807) is 0 Å². The highest BCUT2D eigenvalue weighted by molar-refractivity contribution is 5.30. The predicted octanol–water partition coefficient (Wildman–Crippen LogP) is 3.80. The summed E-state index contributed by atoms with van der Waals surface area (Å²) in [7, 11) is 0. The molecule has 1 heteroatoms. The Morgan fingerprint density at radius 1 is 1.00 bits per heavy atom. The maximum Gasteiger partial charge on any atom is 0.0447 e. The molecule has 0 aliphatic carbocycles. The van der Waals surface area contributed by atoms with Crippen molar-refractivity contribution in [1.29, 1.82) is 0 Å². The molecule has 0 aromatic heterocycles. The topological polar surface area (TPSA) is 26.0 Å². The highest BCUT2D eigenvalue weighted by atomic mass is 14.7. The second kappa shape index (κ2) is 5.36. The van der Waals surface area contributed by atoms with Crippen molar-refractivity contribution in [3.63, 3.8) is 0 Å². The summed E-state index contributed by atoms with van der Waals surface area (Å²) in [6, 6.07) is 19.0. The van der Waals surface area contributed by atoms with E-state index < -0.39 is 0 Å². The highest BCUT2D eigenvalue weighted by Crippen LogP contribution is 2.26. The molecule has 1 unspecified atom stereocenters. The fourth-order valence-corrected chi connectivity index (χ4v) is 2.39. The van der Waals surface area contributed by atoms with Crippen molar-refractivity contribution >= 4 is 0 Å². The number of hydrogen-bond donors (Lipinski definition) is 1. The maximum atomic E-state index is 6.60. The van der Waals surface area contributed by atoms with Crippen LogP contribution in [0.4, 0.5) is 0 Å². The smallest absolute Gasteiger partial charge is 0.0447 e. The molecular formula is C17H21N. The van der Waals surface area contributed by atoms with E-state index in [2.05, 4.69) is 62.4 Å². The van der Waals surface area contributed by atoms with Gasteiger partial charge in [0.1, 0.15) is 0 Å². The number of nitrogens with two attached hydrogens (primary N) is 1. The summed E-state index contributed by atoms with van der Waals surface area (Å²) in [5.41, 5.74) is 10.1. The summed E-state index contributed by atoms with van der Waals surface area (Å²) >= 11 is 0. The van der Waals surface area contributed by atoms with Crippen molar-refractivity contribution in [2.45, 2.75) is 32.2 Å². The fourth-order valence-electron chi connectivity index (χ4n) is 2.39. The molecule has 0 spiro atoms. The second-order valence-electron chi connectivity index (χ2n) is 5.04. The third-order valence-corrected chi connectivity index (χ3v) is 3.58. The van der Waals surface area contributed by atoms with Crippen LogP contribution in [0, 0.1) is 6.92 Å². The lowest BCUT2D eigenvalue weighted by Crippen LogP contribution is -2.38. The molecule has 0 saturated heterocycles. The summed E-state index contributed by atoms with van der Waals surface area (Å²) < 4.78 is 0. The van der Waals surface area contributed by atoms with Crippen molar-refractivity contribution in [3.05, 3.63) is 71.3 Å². The van der Waals surface area contributed by atoms with E-state index in [-0.39, 0.29) is 5.54 Å². The van der Waals surface area contributed by atoms with Crippen molar-refractivity contribution in [1.82, 2.24) is 0 Å². The van der Waals surface area contributed by atoms with Crippen LogP contribution in [0.2, 0.25) is 0 Å². The third kappa shape index (κ3) is 2.80. The number of rotatable bonds is 4. The number of benzene rings is 2. The Bertz CT molecular complexity index is 504. The quantitative estimate of drug-likeness (QED) is 0.862. The maximum absolute atomic E-state index is 6.60. The first kappa shape index (κ1) is 12.8. The number of hydrogen-bond acceptors (Lipinski definition) is 1. The molecule has 94 valence electrons. The van der Waals surface area contributed by atoms with Gasteiger partial charge in [0.05, 0.1) is 0 Å². The molecule has 0 fully saturated rings. The van der Waals surface area contributed by atoms with Crippen LogP contribution in [0.3, 0.4) is 0 Å². The molecule has 2 aromatic rings. The normalized spacial score (nSPS) is 14.2. The molecule has 1 nitrogen and oxygen atoms in total. The predicted molar refractivity (Wildman–Crippen MR) is 77.5 cm³/mol. The molecule has 0 bridgehead atoms. The zero-order valence-corrected chi connectivity index (χ0v) is 11.2. The Morgan fingerprint density at radius 3 is 2.33 bits per heavy atom. The van der Waals surface area contributed by atoms with E-state index in [1.165, 1.54) is 16.7 Å². The Morgan fingerprint density at radius 2 is 1.72 bits per heavy atom. The van der Waals surface area contributed by atoms with Gasteiger partial charge in [0, 0.05) is 5.54 Å². The van der Waals surface area contributed by atoms with E-state index in [4.69, 9.17) is 5.73 Å². The van der Waals surface area contributed by atoms with E-state index >= 15 is 0 Å². The average Bonchev–Trinajstić information content (AvgIpc) is 2.39. The third-order valence-electron chi connectivity index (χ3n) is 3.58. The highest BCUT2D eigenvalue weighted by Gasteiger charge is 2.25. The van der Waals surface area contributed by atoms with Crippen LogP contribution in [0.25, 0.3) is 0 Å². The minimum Gasteiger partial charge on any atom is -0.321 e. The minimum absolute atomic E-state index is 0.269. The van der Waals surface area contributed by atoms with Crippen molar-refractivity contribution in [2.24, 2.45) is 5.73 Å². The molecule has 0 radical (unpaired) electrons. The van der Waals surface area contributed by atoms with Gasteiger partial charge >= 0.3 is 0 Å². The largest absolute Gasteiger partial charge is 0.321 e. The molecule has 2 N–H and O–H groups in total. The van der Waals surface area contributed by atoms with Gasteiger partial charge in [-0.05, 0) is 30.9 Å². The van der Waals surface area contributed by atoms with E-state index in [9.17, 15) is 0 Å². The molecule has 2 rings (SSSR count). The summed E-state index contributed by atoms with van der Waals surface area (Å²) in [6.07, 6.45) is 1.82. The Hall–Kier alpha value is -1.60. The van der Waals surface area contributed by atoms with Gasteiger partial charge in [0.15, 0.2) is 0 Å². The lowest BCUT2D eigenvalue weighted by atomic mass is 9.82.